The van der Waals surface area contributed by atoms with Crippen molar-refractivity contribution in [1.82, 2.24) is 9.97 Å². The summed E-state index contributed by atoms with van der Waals surface area (Å²) in [7, 11) is 0. The molecule has 84 valence electrons. The van der Waals surface area contributed by atoms with Gasteiger partial charge in [0.1, 0.15) is 18.1 Å². The number of anilines is 1. The molecule has 5 heteroatoms. The van der Waals surface area contributed by atoms with Gasteiger partial charge in [0.05, 0.1) is 0 Å². The molecule has 1 aromatic rings. The van der Waals surface area contributed by atoms with Gasteiger partial charge < -0.3 is 10.0 Å². The Morgan fingerprint density at radius 2 is 2.38 bits per heavy atom. The lowest BCUT2D eigenvalue weighted by Crippen LogP contribution is -2.24. The fraction of sp³-hybridized carbons (Fsp3) is 0.545. The van der Waals surface area contributed by atoms with E-state index in [4.69, 9.17) is 5.11 Å². The predicted octanol–water partition coefficient (Wildman–Crippen LogP) is 0.629. The molecule has 0 saturated heterocycles. The molecule has 0 bridgehead atoms. The van der Waals surface area contributed by atoms with E-state index >= 15 is 0 Å². The van der Waals surface area contributed by atoms with Crippen LogP contribution in [0.1, 0.15) is 24.2 Å². The van der Waals surface area contributed by atoms with Crippen LogP contribution in [0.2, 0.25) is 0 Å². The first-order chi connectivity index (χ1) is 7.74. The predicted molar refractivity (Wildman–Crippen MR) is 57.4 cm³/mol. The van der Waals surface area contributed by atoms with Crippen LogP contribution in [-0.2, 0) is 17.6 Å². The minimum Gasteiger partial charge on any atom is -0.481 e. The second-order valence-corrected chi connectivity index (χ2v) is 4.38. The second-order valence-electron chi connectivity index (χ2n) is 4.38. The Balaban J connectivity index is 1.90. The van der Waals surface area contributed by atoms with E-state index in [0.29, 0.717) is 11.9 Å². The van der Waals surface area contributed by atoms with Crippen molar-refractivity contribution >= 4 is 11.8 Å². The largest absolute Gasteiger partial charge is 0.481 e. The van der Waals surface area contributed by atoms with E-state index in [2.05, 4.69) is 14.9 Å². The molecule has 1 aliphatic carbocycles. The van der Waals surface area contributed by atoms with Gasteiger partial charge in [0, 0.05) is 24.3 Å². The van der Waals surface area contributed by atoms with E-state index in [1.807, 2.05) is 0 Å². The molecule has 1 saturated carbocycles. The molecular weight excluding hydrogens is 206 g/mol. The van der Waals surface area contributed by atoms with E-state index in [9.17, 15) is 4.79 Å². The average Bonchev–Trinajstić information content (AvgIpc) is 2.98. The van der Waals surface area contributed by atoms with Crippen LogP contribution in [0.4, 0.5) is 5.82 Å². The molecule has 5 nitrogen and oxygen atoms in total. The third-order valence-corrected chi connectivity index (χ3v) is 3.08. The van der Waals surface area contributed by atoms with Crippen molar-refractivity contribution < 1.29 is 9.90 Å². The number of hydrogen-bond acceptors (Lipinski definition) is 4. The normalized spacial score (nSPS) is 18.6. The third kappa shape index (κ3) is 1.62. The summed E-state index contributed by atoms with van der Waals surface area (Å²) in [6, 6.07) is 0.633. The van der Waals surface area contributed by atoms with Crippen LogP contribution in [0.3, 0.4) is 0 Å². The summed E-state index contributed by atoms with van der Waals surface area (Å²) in [5, 5.41) is 8.71. The van der Waals surface area contributed by atoms with E-state index in [0.717, 1.165) is 24.3 Å². The topological polar surface area (TPSA) is 66.3 Å². The highest BCUT2D eigenvalue weighted by molar-refractivity contribution is 5.69. The van der Waals surface area contributed by atoms with Crippen LogP contribution in [0.25, 0.3) is 0 Å². The summed E-state index contributed by atoms with van der Waals surface area (Å²) in [5.74, 6) is 0.503. The number of carboxylic acid groups (broad SMARTS) is 1. The van der Waals surface area contributed by atoms with Gasteiger partial charge in [-0.25, -0.2) is 9.97 Å². The Morgan fingerprint density at radius 1 is 1.56 bits per heavy atom. The smallest absolute Gasteiger partial charge is 0.311 e. The maximum Gasteiger partial charge on any atom is 0.311 e. The van der Waals surface area contributed by atoms with Crippen molar-refractivity contribution in [2.75, 3.05) is 11.4 Å². The zero-order chi connectivity index (χ0) is 11.1. The Labute approximate surface area is 93.1 Å². The number of aliphatic carboxylic acids is 1. The highest BCUT2D eigenvalue weighted by atomic mass is 16.4. The highest BCUT2D eigenvalue weighted by Crippen LogP contribution is 2.36. The van der Waals surface area contributed by atoms with Gasteiger partial charge in [0.15, 0.2) is 0 Å². The summed E-state index contributed by atoms with van der Waals surface area (Å²) in [6.45, 7) is 1.01. The number of hydrogen-bond donors (Lipinski definition) is 1. The van der Waals surface area contributed by atoms with Crippen molar-refractivity contribution in [3.05, 3.63) is 17.6 Å². The highest BCUT2D eigenvalue weighted by Gasteiger charge is 2.34. The Morgan fingerprint density at radius 3 is 3.06 bits per heavy atom. The van der Waals surface area contributed by atoms with Crippen LogP contribution >= 0.6 is 0 Å². The maximum atomic E-state index is 10.6. The summed E-state index contributed by atoms with van der Waals surface area (Å²) < 4.78 is 0. The first-order valence-corrected chi connectivity index (χ1v) is 5.57. The minimum atomic E-state index is -0.879. The summed E-state index contributed by atoms with van der Waals surface area (Å²) in [5.41, 5.74) is 1.15. The Hall–Kier alpha value is -1.65. The average molecular weight is 219 g/mol. The monoisotopic (exact) mass is 219 g/mol. The number of fused-ring (bicyclic) bond motifs is 1. The van der Waals surface area contributed by atoms with Crippen molar-refractivity contribution in [2.45, 2.75) is 31.7 Å². The SMILES string of the molecule is O=C(O)Cc1ncc2c(n1)N(C1CC1)CC2. The molecule has 1 fully saturated rings. The van der Waals surface area contributed by atoms with Gasteiger partial charge in [-0.2, -0.15) is 0 Å². The molecule has 0 unspecified atom stereocenters. The first-order valence-electron chi connectivity index (χ1n) is 5.57. The fourth-order valence-corrected chi connectivity index (χ4v) is 2.17. The van der Waals surface area contributed by atoms with Crippen LogP contribution < -0.4 is 4.90 Å². The summed E-state index contributed by atoms with van der Waals surface area (Å²) in [4.78, 5) is 21.4. The minimum absolute atomic E-state index is 0.0915. The van der Waals surface area contributed by atoms with E-state index in [1.54, 1.807) is 6.20 Å². The number of nitrogens with zero attached hydrogens (tertiary/aromatic N) is 3. The first kappa shape index (κ1) is 9.57. The van der Waals surface area contributed by atoms with Gasteiger partial charge in [0.25, 0.3) is 0 Å². The molecule has 1 aromatic heterocycles. The standard InChI is InChI=1S/C11H13N3O2/c15-10(16)5-9-12-6-7-3-4-14(8-1-2-8)11(7)13-9/h6,8H,1-5H2,(H,15,16). The molecule has 16 heavy (non-hydrogen) atoms. The maximum absolute atomic E-state index is 10.6. The number of carboxylic acids is 1. The lowest BCUT2D eigenvalue weighted by Gasteiger charge is -2.17. The van der Waals surface area contributed by atoms with Crippen LogP contribution in [0.15, 0.2) is 6.20 Å². The molecule has 0 radical (unpaired) electrons. The van der Waals surface area contributed by atoms with Gasteiger partial charge in [0.2, 0.25) is 0 Å². The molecule has 0 aromatic carbocycles. The molecular formula is C11H13N3O2. The van der Waals surface area contributed by atoms with Gasteiger partial charge in [-0.3, -0.25) is 4.79 Å². The molecule has 2 heterocycles. The molecule has 0 amide bonds. The zero-order valence-electron chi connectivity index (χ0n) is 8.89. The second kappa shape index (κ2) is 3.43. The molecule has 0 atom stereocenters. The third-order valence-electron chi connectivity index (χ3n) is 3.08. The Bertz CT molecular complexity index is 443. The zero-order valence-corrected chi connectivity index (χ0v) is 8.89. The quantitative estimate of drug-likeness (QED) is 0.807. The summed E-state index contributed by atoms with van der Waals surface area (Å²) >= 11 is 0. The number of rotatable bonds is 3. The van der Waals surface area contributed by atoms with Crippen molar-refractivity contribution in [1.29, 1.82) is 0 Å². The van der Waals surface area contributed by atoms with Gasteiger partial charge in [-0.1, -0.05) is 0 Å². The van der Waals surface area contributed by atoms with Gasteiger partial charge in [-0.05, 0) is 19.3 Å². The molecule has 1 aliphatic heterocycles. The molecule has 2 aliphatic rings. The molecule has 0 spiro atoms. The lowest BCUT2D eigenvalue weighted by molar-refractivity contribution is -0.136. The number of carbonyl (C=O) groups is 1. The number of aromatic nitrogens is 2. The van der Waals surface area contributed by atoms with Crippen molar-refractivity contribution in [2.24, 2.45) is 0 Å². The van der Waals surface area contributed by atoms with Gasteiger partial charge in [-0.15, -0.1) is 0 Å². The van der Waals surface area contributed by atoms with Crippen LogP contribution in [-0.4, -0.2) is 33.6 Å². The van der Waals surface area contributed by atoms with Gasteiger partial charge >= 0.3 is 5.97 Å². The van der Waals surface area contributed by atoms with E-state index < -0.39 is 5.97 Å². The molecule has 3 rings (SSSR count). The van der Waals surface area contributed by atoms with Crippen molar-refractivity contribution in [3.63, 3.8) is 0 Å². The fourth-order valence-electron chi connectivity index (χ4n) is 2.17. The van der Waals surface area contributed by atoms with E-state index in [-0.39, 0.29) is 6.42 Å². The lowest BCUT2D eigenvalue weighted by atomic mass is 10.3. The Kier molecular flexibility index (Phi) is 2.05. The van der Waals surface area contributed by atoms with Crippen molar-refractivity contribution in [3.8, 4) is 0 Å². The van der Waals surface area contributed by atoms with Crippen LogP contribution in [0.5, 0.6) is 0 Å². The molecule has 1 N–H and O–H groups in total. The summed E-state index contributed by atoms with van der Waals surface area (Å²) in [6.07, 6.45) is 5.14. The van der Waals surface area contributed by atoms with E-state index in [1.165, 1.54) is 12.8 Å². The van der Waals surface area contributed by atoms with Crippen LogP contribution in [0, 0.1) is 0 Å².